The van der Waals surface area contributed by atoms with Crippen molar-refractivity contribution in [3.63, 3.8) is 0 Å². The maximum atomic E-state index is 12.3. The first-order valence-electron chi connectivity index (χ1n) is 7.59. The number of halogens is 1. The molecular weight excluding hydrogens is 330 g/mol. The van der Waals surface area contributed by atoms with E-state index in [4.69, 9.17) is 4.74 Å². The van der Waals surface area contributed by atoms with Gasteiger partial charge in [0, 0.05) is 17.4 Å². The first-order chi connectivity index (χ1) is 10.1. The molecule has 0 unspecified atom stereocenters. The number of aryl methyl sites for hydroxylation is 1. The molecule has 4 heteroatoms. The molecule has 0 aromatic heterocycles. The number of nitrogens with one attached hydrogen (secondary N) is 1. The van der Waals surface area contributed by atoms with E-state index < -0.39 is 0 Å². The third-order valence-corrected chi connectivity index (χ3v) is 5.68. The summed E-state index contributed by atoms with van der Waals surface area (Å²) in [5, 5.41) is 4.06. The minimum atomic E-state index is -0.0146. The number of amides is 1. The fourth-order valence-corrected chi connectivity index (χ4v) is 3.75. The van der Waals surface area contributed by atoms with Gasteiger partial charge >= 0.3 is 0 Å². The van der Waals surface area contributed by atoms with Gasteiger partial charge in [-0.1, -0.05) is 41.3 Å². The molecule has 116 valence electrons. The van der Waals surface area contributed by atoms with Crippen LogP contribution in [0, 0.1) is 12.3 Å². The lowest BCUT2D eigenvalue weighted by atomic mass is 9.75. The molecule has 0 radical (unpaired) electrons. The Morgan fingerprint density at radius 3 is 2.67 bits per heavy atom. The molecule has 0 atom stereocenters. The number of alkyl halides is 1. The Balaban J connectivity index is 2.01. The van der Waals surface area contributed by atoms with E-state index >= 15 is 0 Å². The molecule has 1 aliphatic carbocycles. The average Bonchev–Trinajstić information content (AvgIpc) is 2.54. The number of carbonyl (C=O) groups is 1. The topological polar surface area (TPSA) is 38.3 Å². The Morgan fingerprint density at radius 1 is 1.33 bits per heavy atom. The van der Waals surface area contributed by atoms with Crippen LogP contribution in [0.2, 0.25) is 0 Å². The Bertz CT molecular complexity index is 496. The average molecular weight is 354 g/mol. The fraction of sp³-hybridized carbons (Fsp3) is 0.588. The molecule has 21 heavy (non-hydrogen) atoms. The second-order valence-electron chi connectivity index (χ2n) is 6.06. The van der Waals surface area contributed by atoms with Gasteiger partial charge in [0.1, 0.15) is 5.75 Å². The summed E-state index contributed by atoms with van der Waals surface area (Å²) in [5.41, 5.74) is 1.93. The summed E-state index contributed by atoms with van der Waals surface area (Å²) in [7, 11) is 1.63. The van der Waals surface area contributed by atoms with Gasteiger partial charge in [-0.2, -0.15) is 0 Å². The Kier molecular flexibility index (Phi) is 5.68. The van der Waals surface area contributed by atoms with Crippen LogP contribution in [0.25, 0.3) is 0 Å². The molecule has 0 bridgehead atoms. The highest BCUT2D eigenvalue weighted by molar-refractivity contribution is 9.09. The third kappa shape index (κ3) is 4.00. The van der Waals surface area contributed by atoms with Crippen molar-refractivity contribution in [3.8, 4) is 5.75 Å². The van der Waals surface area contributed by atoms with Crippen LogP contribution in [0.3, 0.4) is 0 Å². The molecule has 0 spiro atoms. The molecule has 0 saturated heterocycles. The highest BCUT2D eigenvalue weighted by atomic mass is 79.9. The van der Waals surface area contributed by atoms with E-state index in [2.05, 4.69) is 21.2 Å². The van der Waals surface area contributed by atoms with Crippen molar-refractivity contribution < 1.29 is 9.53 Å². The molecule has 1 amide bonds. The molecule has 2 rings (SSSR count). The molecule has 1 N–H and O–H groups in total. The van der Waals surface area contributed by atoms with Crippen LogP contribution < -0.4 is 10.1 Å². The van der Waals surface area contributed by atoms with Crippen molar-refractivity contribution in [2.24, 2.45) is 5.41 Å². The SMILES string of the molecule is COc1cc(C(=O)NCC2(CBr)CCCCC2)ccc1C. The molecule has 0 heterocycles. The molecule has 1 fully saturated rings. The Morgan fingerprint density at radius 2 is 2.05 bits per heavy atom. The third-order valence-electron chi connectivity index (χ3n) is 4.49. The molecular formula is C17H24BrNO2. The number of hydrogen-bond donors (Lipinski definition) is 1. The summed E-state index contributed by atoms with van der Waals surface area (Å²) < 4.78 is 5.28. The monoisotopic (exact) mass is 353 g/mol. The highest BCUT2D eigenvalue weighted by Crippen LogP contribution is 2.37. The molecule has 1 aromatic carbocycles. The lowest BCUT2D eigenvalue weighted by Crippen LogP contribution is -2.40. The zero-order valence-corrected chi connectivity index (χ0v) is 14.5. The van der Waals surface area contributed by atoms with E-state index in [1.807, 2.05) is 25.1 Å². The first kappa shape index (κ1) is 16.3. The number of carbonyl (C=O) groups excluding carboxylic acids is 1. The molecule has 1 aliphatic rings. The summed E-state index contributed by atoms with van der Waals surface area (Å²) in [4.78, 5) is 12.3. The van der Waals surface area contributed by atoms with Crippen molar-refractivity contribution >= 4 is 21.8 Å². The number of benzene rings is 1. The quantitative estimate of drug-likeness (QED) is 0.810. The van der Waals surface area contributed by atoms with E-state index in [1.165, 1.54) is 32.1 Å². The molecule has 3 nitrogen and oxygen atoms in total. The summed E-state index contributed by atoms with van der Waals surface area (Å²) in [6.45, 7) is 2.72. The standard InChI is InChI=1S/C17H24BrNO2/c1-13-6-7-14(10-15(13)21-2)16(20)19-12-17(11-18)8-4-3-5-9-17/h6-7,10H,3-5,8-9,11-12H2,1-2H3,(H,19,20). The van der Waals surface area contributed by atoms with Crippen LogP contribution in [0.5, 0.6) is 5.75 Å². The van der Waals surface area contributed by atoms with Crippen LogP contribution in [0.15, 0.2) is 18.2 Å². The zero-order chi connectivity index (χ0) is 15.3. The van der Waals surface area contributed by atoms with Crippen LogP contribution >= 0.6 is 15.9 Å². The summed E-state index contributed by atoms with van der Waals surface area (Å²) in [6, 6.07) is 5.59. The van der Waals surface area contributed by atoms with Crippen molar-refractivity contribution in [3.05, 3.63) is 29.3 Å². The lowest BCUT2D eigenvalue weighted by molar-refractivity contribution is 0.0921. The zero-order valence-electron chi connectivity index (χ0n) is 12.9. The smallest absolute Gasteiger partial charge is 0.251 e. The van der Waals surface area contributed by atoms with Crippen LogP contribution in [-0.2, 0) is 0 Å². The lowest BCUT2D eigenvalue weighted by Gasteiger charge is -2.35. The fourth-order valence-electron chi connectivity index (χ4n) is 2.99. The van der Waals surface area contributed by atoms with Gasteiger partial charge in [0.25, 0.3) is 5.91 Å². The largest absolute Gasteiger partial charge is 0.496 e. The van der Waals surface area contributed by atoms with Gasteiger partial charge in [-0.15, -0.1) is 0 Å². The molecule has 0 aliphatic heterocycles. The van der Waals surface area contributed by atoms with Gasteiger partial charge in [-0.3, -0.25) is 4.79 Å². The van der Waals surface area contributed by atoms with Gasteiger partial charge < -0.3 is 10.1 Å². The van der Waals surface area contributed by atoms with Crippen LogP contribution in [0.1, 0.15) is 48.0 Å². The number of rotatable bonds is 5. The van der Waals surface area contributed by atoms with E-state index in [1.54, 1.807) is 7.11 Å². The van der Waals surface area contributed by atoms with E-state index in [0.29, 0.717) is 5.56 Å². The van der Waals surface area contributed by atoms with Crippen molar-refractivity contribution in [1.82, 2.24) is 5.32 Å². The summed E-state index contributed by atoms with van der Waals surface area (Å²) in [5.74, 6) is 0.745. The van der Waals surface area contributed by atoms with Gasteiger partial charge in [0.05, 0.1) is 7.11 Å². The predicted molar refractivity (Wildman–Crippen MR) is 89.4 cm³/mol. The van der Waals surface area contributed by atoms with Crippen molar-refractivity contribution in [2.75, 3.05) is 19.0 Å². The number of ether oxygens (including phenoxy) is 1. The van der Waals surface area contributed by atoms with Crippen molar-refractivity contribution in [1.29, 1.82) is 0 Å². The molecule has 1 saturated carbocycles. The van der Waals surface area contributed by atoms with E-state index in [9.17, 15) is 4.79 Å². The molecule has 1 aromatic rings. The number of hydrogen-bond acceptors (Lipinski definition) is 2. The van der Waals surface area contributed by atoms with Gasteiger partial charge in [-0.05, 0) is 42.9 Å². The number of methoxy groups -OCH3 is 1. The van der Waals surface area contributed by atoms with Crippen LogP contribution in [-0.4, -0.2) is 24.9 Å². The van der Waals surface area contributed by atoms with Crippen LogP contribution in [0.4, 0.5) is 0 Å². The van der Waals surface area contributed by atoms with Crippen molar-refractivity contribution in [2.45, 2.75) is 39.0 Å². The highest BCUT2D eigenvalue weighted by Gasteiger charge is 2.31. The second kappa shape index (κ2) is 7.30. The second-order valence-corrected chi connectivity index (χ2v) is 6.62. The van der Waals surface area contributed by atoms with E-state index in [-0.39, 0.29) is 11.3 Å². The maximum absolute atomic E-state index is 12.3. The normalized spacial score (nSPS) is 17.3. The minimum Gasteiger partial charge on any atom is -0.496 e. The first-order valence-corrected chi connectivity index (χ1v) is 8.71. The summed E-state index contributed by atoms with van der Waals surface area (Å²) >= 11 is 3.64. The van der Waals surface area contributed by atoms with E-state index in [0.717, 1.165) is 23.2 Å². The summed E-state index contributed by atoms with van der Waals surface area (Å²) in [6.07, 6.45) is 6.23. The van der Waals surface area contributed by atoms with Gasteiger partial charge in [0.15, 0.2) is 0 Å². The van der Waals surface area contributed by atoms with Gasteiger partial charge in [0.2, 0.25) is 0 Å². The Hall–Kier alpha value is -1.03. The minimum absolute atomic E-state index is 0.0146. The Labute approximate surface area is 135 Å². The predicted octanol–water partition coefficient (Wildman–Crippen LogP) is 4.08. The maximum Gasteiger partial charge on any atom is 0.251 e. The van der Waals surface area contributed by atoms with Gasteiger partial charge in [-0.25, -0.2) is 0 Å².